The predicted molar refractivity (Wildman–Crippen MR) is 131 cm³/mol. The van der Waals surface area contributed by atoms with Crippen LogP contribution in [0.3, 0.4) is 0 Å². The minimum absolute atomic E-state index is 0.109. The van der Waals surface area contributed by atoms with Gasteiger partial charge in [-0.15, -0.1) is 0 Å². The number of ether oxygens (including phenoxy) is 1. The number of rotatable bonds is 5. The number of anilines is 2. The second kappa shape index (κ2) is 7.82. The maximum Gasteiger partial charge on any atom is 0.343 e. The van der Waals surface area contributed by atoms with Crippen LogP contribution in [0, 0.1) is 0 Å². The zero-order valence-corrected chi connectivity index (χ0v) is 19.9. The van der Waals surface area contributed by atoms with E-state index >= 15 is 0 Å². The number of benzene rings is 1. The fourth-order valence-electron chi connectivity index (χ4n) is 4.97. The average Bonchev–Trinajstić information content (AvgIpc) is 3.17. The van der Waals surface area contributed by atoms with Gasteiger partial charge in [-0.1, -0.05) is 6.92 Å². The number of hydrogen-bond donors (Lipinski definition) is 2. The topological polar surface area (TPSA) is 114 Å². The molecule has 34 heavy (non-hydrogen) atoms. The molecule has 178 valence electrons. The molecule has 1 aromatic carbocycles. The van der Waals surface area contributed by atoms with Crippen LogP contribution in [0.5, 0.6) is 0 Å². The van der Waals surface area contributed by atoms with Crippen LogP contribution >= 0.6 is 0 Å². The van der Waals surface area contributed by atoms with Crippen LogP contribution in [-0.2, 0) is 28.3 Å². The number of cyclic esters (lactones) is 1. The highest BCUT2D eigenvalue weighted by molar-refractivity contribution is 5.99. The molecule has 0 fully saturated rings. The Kier molecular flexibility index (Phi) is 5.14. The summed E-state index contributed by atoms with van der Waals surface area (Å²) in [5, 5.41) is 12.0. The molecule has 0 saturated carbocycles. The standard InChI is InChI=1S/C25H29N5O4/c1-5-25(33)18-11-20-21-16(12-30(20)23(31)17(18)13-34-24(25)32)22(29(4)9-8-28(2)3)15-10-14(26)6-7-19(15)27-21/h6-7,10-11,33H,5,8-9,12-13,26H2,1-4H3/t25-/m0/s1. The Balaban J connectivity index is 1.77. The molecule has 0 bridgehead atoms. The Morgan fingerprint density at radius 1 is 1.18 bits per heavy atom. The molecule has 2 aliphatic heterocycles. The lowest BCUT2D eigenvalue weighted by Crippen LogP contribution is -2.44. The highest BCUT2D eigenvalue weighted by Crippen LogP contribution is 2.43. The van der Waals surface area contributed by atoms with Crippen molar-refractivity contribution in [1.29, 1.82) is 0 Å². The zero-order chi connectivity index (χ0) is 24.4. The molecular weight excluding hydrogens is 434 g/mol. The van der Waals surface area contributed by atoms with Crippen molar-refractivity contribution in [2.75, 3.05) is 44.9 Å². The van der Waals surface area contributed by atoms with Crippen molar-refractivity contribution in [3.63, 3.8) is 0 Å². The molecule has 4 heterocycles. The molecule has 0 saturated heterocycles. The van der Waals surface area contributed by atoms with Gasteiger partial charge in [-0.05, 0) is 44.8 Å². The summed E-state index contributed by atoms with van der Waals surface area (Å²) in [6.45, 7) is 3.51. The Bertz CT molecular complexity index is 1400. The van der Waals surface area contributed by atoms with Crippen LogP contribution in [-0.4, -0.2) is 59.8 Å². The van der Waals surface area contributed by atoms with Gasteiger partial charge < -0.3 is 29.9 Å². The second-order valence-electron chi connectivity index (χ2n) is 9.39. The van der Waals surface area contributed by atoms with Crippen molar-refractivity contribution < 1.29 is 14.6 Å². The van der Waals surface area contributed by atoms with Crippen molar-refractivity contribution in [2.24, 2.45) is 0 Å². The number of aliphatic hydroxyl groups is 1. The van der Waals surface area contributed by atoms with Gasteiger partial charge in [-0.25, -0.2) is 9.78 Å². The van der Waals surface area contributed by atoms with Gasteiger partial charge in [-0.3, -0.25) is 4.79 Å². The first-order valence-electron chi connectivity index (χ1n) is 11.4. The molecule has 9 nitrogen and oxygen atoms in total. The van der Waals surface area contributed by atoms with Crippen molar-refractivity contribution in [3.8, 4) is 11.4 Å². The van der Waals surface area contributed by atoms with E-state index in [0.29, 0.717) is 34.7 Å². The van der Waals surface area contributed by atoms with Crippen LogP contribution < -0.4 is 16.2 Å². The first-order chi connectivity index (χ1) is 16.2. The maximum absolute atomic E-state index is 13.5. The van der Waals surface area contributed by atoms with E-state index in [1.54, 1.807) is 17.6 Å². The fraction of sp³-hybridized carbons (Fsp3) is 0.400. The Morgan fingerprint density at radius 3 is 2.65 bits per heavy atom. The van der Waals surface area contributed by atoms with E-state index in [2.05, 4.69) is 9.80 Å². The molecular formula is C25H29N5O4. The van der Waals surface area contributed by atoms with Crippen LogP contribution in [0.15, 0.2) is 29.1 Å². The quantitative estimate of drug-likeness (QED) is 0.339. The van der Waals surface area contributed by atoms with E-state index in [4.69, 9.17) is 15.5 Å². The van der Waals surface area contributed by atoms with Gasteiger partial charge in [0.05, 0.1) is 34.7 Å². The largest absolute Gasteiger partial charge is 0.458 e. The lowest BCUT2D eigenvalue weighted by atomic mass is 9.86. The molecule has 0 aliphatic carbocycles. The molecule has 3 aromatic rings. The number of aromatic nitrogens is 2. The number of esters is 1. The Morgan fingerprint density at radius 2 is 1.94 bits per heavy atom. The Hall–Kier alpha value is -3.43. The van der Waals surface area contributed by atoms with Crippen molar-refractivity contribution >= 4 is 28.2 Å². The number of fused-ring (bicyclic) bond motifs is 5. The number of carbonyl (C=O) groups is 1. The normalized spacial score (nSPS) is 18.6. The third kappa shape index (κ3) is 3.19. The summed E-state index contributed by atoms with van der Waals surface area (Å²) in [6.07, 6.45) is 0.109. The number of carbonyl (C=O) groups excluding carboxylic acids is 1. The molecule has 0 spiro atoms. The molecule has 9 heteroatoms. The van der Waals surface area contributed by atoms with Gasteiger partial charge in [-0.2, -0.15) is 0 Å². The predicted octanol–water partition coefficient (Wildman–Crippen LogP) is 1.66. The summed E-state index contributed by atoms with van der Waals surface area (Å²) in [7, 11) is 6.08. The van der Waals surface area contributed by atoms with Crippen LogP contribution in [0.2, 0.25) is 0 Å². The number of pyridine rings is 2. The number of nitrogens with two attached hydrogens (primary N) is 1. The number of likely N-dealkylation sites (N-methyl/N-ethyl adjacent to an activating group) is 2. The molecule has 0 radical (unpaired) electrons. The minimum Gasteiger partial charge on any atom is -0.458 e. The fourth-order valence-corrected chi connectivity index (χ4v) is 4.97. The molecule has 2 aliphatic rings. The van der Waals surface area contributed by atoms with Gasteiger partial charge in [0.15, 0.2) is 5.60 Å². The smallest absolute Gasteiger partial charge is 0.343 e. The number of hydrogen-bond acceptors (Lipinski definition) is 8. The third-order valence-corrected chi connectivity index (χ3v) is 6.95. The van der Waals surface area contributed by atoms with Gasteiger partial charge in [0.2, 0.25) is 0 Å². The number of nitrogen functional groups attached to an aromatic ring is 1. The SMILES string of the molecule is CC[C@@]1(O)C(=O)OCc2c1cc1n(c2=O)Cc2c-1nc1ccc(N)cc1c2N(C)CCN(C)C. The first kappa shape index (κ1) is 22.4. The van der Waals surface area contributed by atoms with E-state index in [-0.39, 0.29) is 18.6 Å². The summed E-state index contributed by atoms with van der Waals surface area (Å²) < 4.78 is 6.84. The summed E-state index contributed by atoms with van der Waals surface area (Å²) in [6, 6.07) is 7.36. The van der Waals surface area contributed by atoms with E-state index in [0.717, 1.165) is 35.2 Å². The van der Waals surface area contributed by atoms with Crippen molar-refractivity contribution in [2.45, 2.75) is 32.1 Å². The van der Waals surface area contributed by atoms with Crippen LogP contribution in [0.1, 0.15) is 30.0 Å². The van der Waals surface area contributed by atoms with Gasteiger partial charge in [0, 0.05) is 42.3 Å². The molecule has 2 aromatic heterocycles. The summed E-state index contributed by atoms with van der Waals surface area (Å²) in [5.41, 5.74) is 9.24. The lowest BCUT2D eigenvalue weighted by Gasteiger charge is -2.31. The summed E-state index contributed by atoms with van der Waals surface area (Å²) >= 11 is 0. The number of nitrogens with zero attached hydrogens (tertiary/aromatic N) is 4. The Labute approximate surface area is 197 Å². The molecule has 1 atom stereocenters. The molecule has 0 amide bonds. The van der Waals surface area contributed by atoms with E-state index in [1.165, 1.54) is 0 Å². The van der Waals surface area contributed by atoms with E-state index in [9.17, 15) is 14.7 Å². The van der Waals surface area contributed by atoms with Crippen LogP contribution in [0.25, 0.3) is 22.3 Å². The minimum atomic E-state index is -1.85. The first-order valence-corrected chi connectivity index (χ1v) is 11.4. The maximum atomic E-state index is 13.5. The third-order valence-electron chi connectivity index (χ3n) is 6.95. The monoisotopic (exact) mass is 463 g/mol. The summed E-state index contributed by atoms with van der Waals surface area (Å²) in [4.78, 5) is 35.1. The van der Waals surface area contributed by atoms with E-state index in [1.807, 2.05) is 39.3 Å². The summed E-state index contributed by atoms with van der Waals surface area (Å²) in [5.74, 6) is -0.726. The van der Waals surface area contributed by atoms with E-state index < -0.39 is 11.6 Å². The highest BCUT2D eigenvalue weighted by Gasteiger charge is 2.45. The van der Waals surface area contributed by atoms with Gasteiger partial charge >= 0.3 is 5.97 Å². The van der Waals surface area contributed by atoms with Gasteiger partial charge in [0.1, 0.15) is 6.61 Å². The zero-order valence-electron chi connectivity index (χ0n) is 19.9. The highest BCUT2D eigenvalue weighted by atomic mass is 16.6. The van der Waals surface area contributed by atoms with Crippen molar-refractivity contribution in [1.82, 2.24) is 14.5 Å². The average molecular weight is 464 g/mol. The lowest BCUT2D eigenvalue weighted by molar-refractivity contribution is -0.172. The van der Waals surface area contributed by atoms with Crippen LogP contribution in [0.4, 0.5) is 11.4 Å². The molecule has 3 N–H and O–H groups in total. The second-order valence-corrected chi connectivity index (χ2v) is 9.39. The van der Waals surface area contributed by atoms with Gasteiger partial charge in [0.25, 0.3) is 5.56 Å². The molecule has 0 unspecified atom stereocenters. The van der Waals surface area contributed by atoms with Crippen molar-refractivity contribution in [3.05, 3.63) is 51.3 Å². The molecule has 5 rings (SSSR count).